The second kappa shape index (κ2) is 5.81. The molecule has 0 saturated carbocycles. The van der Waals surface area contributed by atoms with Gasteiger partial charge in [-0.05, 0) is 18.9 Å². The monoisotopic (exact) mass is 292 g/mol. The van der Waals surface area contributed by atoms with E-state index in [9.17, 15) is 9.90 Å². The molecule has 114 valence electrons. The van der Waals surface area contributed by atoms with Gasteiger partial charge in [-0.1, -0.05) is 0 Å². The van der Waals surface area contributed by atoms with Crippen LogP contribution in [-0.2, 0) is 11.3 Å². The van der Waals surface area contributed by atoms with E-state index in [1.165, 1.54) is 0 Å². The van der Waals surface area contributed by atoms with Crippen LogP contribution in [0.4, 0.5) is 0 Å². The van der Waals surface area contributed by atoms with Gasteiger partial charge in [0.2, 0.25) is 12.7 Å². The average Bonchev–Trinajstić information content (AvgIpc) is 2.88. The summed E-state index contributed by atoms with van der Waals surface area (Å²) in [5.74, 6) is 1.56. The fourth-order valence-electron chi connectivity index (χ4n) is 2.86. The van der Waals surface area contributed by atoms with Crippen LogP contribution in [-0.4, -0.2) is 41.8 Å². The molecule has 2 aliphatic rings. The average molecular weight is 292 g/mol. The highest BCUT2D eigenvalue weighted by Gasteiger charge is 2.22. The topological polar surface area (TPSA) is 71.0 Å². The molecule has 2 aliphatic heterocycles. The lowest BCUT2D eigenvalue weighted by atomic mass is 10.0. The first-order chi connectivity index (χ1) is 10.1. The fraction of sp³-hybridized carbons (Fsp3) is 0.533. The first kappa shape index (κ1) is 14.0. The third kappa shape index (κ3) is 3.21. The van der Waals surface area contributed by atoms with Crippen molar-refractivity contribution in [3.05, 3.63) is 17.7 Å². The molecular weight excluding hydrogens is 272 g/mol. The van der Waals surface area contributed by atoms with E-state index in [-0.39, 0.29) is 24.5 Å². The molecule has 1 aromatic carbocycles. The van der Waals surface area contributed by atoms with Crippen LogP contribution in [0.15, 0.2) is 12.1 Å². The van der Waals surface area contributed by atoms with Crippen molar-refractivity contribution in [2.24, 2.45) is 0 Å². The lowest BCUT2D eigenvalue weighted by Crippen LogP contribution is -2.43. The molecule has 21 heavy (non-hydrogen) atoms. The van der Waals surface area contributed by atoms with Gasteiger partial charge in [0, 0.05) is 44.2 Å². The number of likely N-dealkylation sites (tertiary alicyclic amines) is 1. The number of carbonyl (C=O) groups is 1. The first-order valence-electron chi connectivity index (χ1n) is 7.23. The number of carbonyl (C=O) groups excluding carboxylic acids is 1. The second-order valence-corrected chi connectivity index (χ2v) is 5.59. The molecule has 0 atom stereocenters. The van der Waals surface area contributed by atoms with Crippen LogP contribution in [0.2, 0.25) is 0 Å². The molecule has 6 nitrogen and oxygen atoms in total. The van der Waals surface area contributed by atoms with Gasteiger partial charge in [0.25, 0.3) is 0 Å². The number of hydrogen-bond donors (Lipinski definition) is 2. The van der Waals surface area contributed by atoms with E-state index in [1.54, 1.807) is 13.0 Å². The number of nitrogens with zero attached hydrogens (tertiary/aromatic N) is 1. The first-order valence-corrected chi connectivity index (χ1v) is 7.23. The number of phenols is 1. The van der Waals surface area contributed by atoms with Crippen molar-refractivity contribution in [3.63, 3.8) is 0 Å². The van der Waals surface area contributed by atoms with Gasteiger partial charge >= 0.3 is 0 Å². The number of aromatic hydroxyl groups is 1. The number of ether oxygens (including phenoxy) is 2. The Bertz CT molecular complexity index is 539. The molecule has 0 aromatic heterocycles. The lowest BCUT2D eigenvalue weighted by molar-refractivity contribution is -0.119. The van der Waals surface area contributed by atoms with E-state index in [1.807, 2.05) is 6.07 Å². The van der Waals surface area contributed by atoms with E-state index in [4.69, 9.17) is 9.47 Å². The van der Waals surface area contributed by atoms with Crippen LogP contribution in [0.3, 0.4) is 0 Å². The summed E-state index contributed by atoms with van der Waals surface area (Å²) in [6.45, 7) is 4.24. The molecule has 0 radical (unpaired) electrons. The van der Waals surface area contributed by atoms with Crippen LogP contribution in [0, 0.1) is 0 Å². The van der Waals surface area contributed by atoms with Crippen molar-refractivity contribution < 1.29 is 19.4 Å². The molecule has 0 aliphatic carbocycles. The third-order valence-electron chi connectivity index (χ3n) is 3.96. The number of nitrogens with one attached hydrogen (secondary N) is 1. The van der Waals surface area contributed by atoms with Crippen molar-refractivity contribution in [2.75, 3.05) is 19.9 Å². The standard InChI is InChI=1S/C15H20N2O4/c1-10(18)16-12-2-4-17(5-3-12)8-11-6-14-15(7-13(11)19)21-9-20-14/h6-7,12,19H,2-5,8-9H2,1H3,(H,16,18). The van der Waals surface area contributed by atoms with Crippen LogP contribution in [0.1, 0.15) is 25.3 Å². The number of rotatable bonds is 3. The maximum absolute atomic E-state index is 11.1. The Morgan fingerprint density at radius 1 is 1.33 bits per heavy atom. The molecule has 2 heterocycles. The van der Waals surface area contributed by atoms with Gasteiger partial charge in [0.05, 0.1) is 0 Å². The van der Waals surface area contributed by atoms with Crippen molar-refractivity contribution in [1.82, 2.24) is 10.2 Å². The maximum Gasteiger partial charge on any atom is 0.231 e. The van der Waals surface area contributed by atoms with Gasteiger partial charge in [-0.15, -0.1) is 0 Å². The van der Waals surface area contributed by atoms with E-state index < -0.39 is 0 Å². The van der Waals surface area contributed by atoms with Gasteiger partial charge in [-0.2, -0.15) is 0 Å². The van der Waals surface area contributed by atoms with Crippen LogP contribution < -0.4 is 14.8 Å². The van der Waals surface area contributed by atoms with Crippen LogP contribution >= 0.6 is 0 Å². The van der Waals surface area contributed by atoms with Gasteiger partial charge in [-0.3, -0.25) is 9.69 Å². The number of phenolic OH excluding ortho intramolecular Hbond substituents is 1. The molecule has 3 rings (SSSR count). The van der Waals surface area contributed by atoms with Gasteiger partial charge < -0.3 is 19.9 Å². The summed E-state index contributed by atoms with van der Waals surface area (Å²) in [6, 6.07) is 3.73. The summed E-state index contributed by atoms with van der Waals surface area (Å²) >= 11 is 0. The summed E-state index contributed by atoms with van der Waals surface area (Å²) in [4.78, 5) is 13.3. The molecule has 1 aromatic rings. The summed E-state index contributed by atoms with van der Waals surface area (Å²) in [5.41, 5.74) is 0.845. The summed E-state index contributed by atoms with van der Waals surface area (Å²) in [5, 5.41) is 13.0. The quantitative estimate of drug-likeness (QED) is 0.876. The summed E-state index contributed by atoms with van der Waals surface area (Å²) in [6.07, 6.45) is 1.87. The Balaban J connectivity index is 1.59. The Kier molecular flexibility index (Phi) is 3.88. The van der Waals surface area contributed by atoms with Crippen molar-refractivity contribution in [2.45, 2.75) is 32.4 Å². The predicted molar refractivity (Wildman–Crippen MR) is 76.3 cm³/mol. The fourth-order valence-corrected chi connectivity index (χ4v) is 2.86. The van der Waals surface area contributed by atoms with Crippen LogP contribution in [0.5, 0.6) is 17.2 Å². The van der Waals surface area contributed by atoms with Crippen molar-refractivity contribution in [3.8, 4) is 17.2 Å². The molecular formula is C15H20N2O4. The summed E-state index contributed by atoms with van der Waals surface area (Å²) in [7, 11) is 0. The highest BCUT2D eigenvalue weighted by molar-refractivity contribution is 5.73. The van der Waals surface area contributed by atoms with Crippen molar-refractivity contribution in [1.29, 1.82) is 0 Å². The number of benzene rings is 1. The molecule has 0 spiro atoms. The number of amides is 1. The number of hydrogen-bond acceptors (Lipinski definition) is 5. The van der Waals surface area contributed by atoms with Crippen molar-refractivity contribution >= 4 is 5.91 Å². The Labute approximate surface area is 123 Å². The molecule has 1 saturated heterocycles. The van der Waals surface area contributed by atoms with E-state index in [0.29, 0.717) is 18.0 Å². The lowest BCUT2D eigenvalue weighted by Gasteiger charge is -2.32. The van der Waals surface area contributed by atoms with Crippen LogP contribution in [0.25, 0.3) is 0 Å². The number of piperidine rings is 1. The molecule has 6 heteroatoms. The Morgan fingerprint density at radius 3 is 2.67 bits per heavy atom. The van der Waals surface area contributed by atoms with E-state index in [2.05, 4.69) is 10.2 Å². The molecule has 1 fully saturated rings. The van der Waals surface area contributed by atoms with Gasteiger partial charge in [0.1, 0.15) is 5.75 Å². The molecule has 0 unspecified atom stereocenters. The SMILES string of the molecule is CC(=O)NC1CCN(Cc2cc3c(cc2O)OCO3)CC1. The minimum absolute atomic E-state index is 0.0295. The second-order valence-electron chi connectivity index (χ2n) is 5.59. The highest BCUT2D eigenvalue weighted by atomic mass is 16.7. The zero-order valence-electron chi connectivity index (χ0n) is 12.1. The minimum Gasteiger partial charge on any atom is -0.507 e. The van der Waals surface area contributed by atoms with E-state index >= 15 is 0 Å². The molecule has 2 N–H and O–H groups in total. The Hall–Kier alpha value is -1.95. The smallest absolute Gasteiger partial charge is 0.231 e. The predicted octanol–water partition coefficient (Wildman–Crippen LogP) is 1.22. The zero-order chi connectivity index (χ0) is 14.8. The largest absolute Gasteiger partial charge is 0.507 e. The van der Waals surface area contributed by atoms with Gasteiger partial charge in [-0.25, -0.2) is 0 Å². The maximum atomic E-state index is 11.1. The summed E-state index contributed by atoms with van der Waals surface area (Å²) < 4.78 is 10.6. The Morgan fingerprint density at radius 2 is 2.00 bits per heavy atom. The highest BCUT2D eigenvalue weighted by Crippen LogP contribution is 2.38. The third-order valence-corrected chi connectivity index (χ3v) is 3.96. The van der Waals surface area contributed by atoms with E-state index in [0.717, 1.165) is 31.5 Å². The normalized spacial score (nSPS) is 18.7. The van der Waals surface area contributed by atoms with Gasteiger partial charge in [0.15, 0.2) is 11.5 Å². The zero-order valence-corrected chi connectivity index (χ0v) is 12.1. The minimum atomic E-state index is 0.0295. The molecule has 1 amide bonds. The number of fused-ring (bicyclic) bond motifs is 1. The molecule has 0 bridgehead atoms.